The van der Waals surface area contributed by atoms with Gasteiger partial charge in [0.15, 0.2) is 5.65 Å². The van der Waals surface area contributed by atoms with E-state index in [1.807, 2.05) is 24.9 Å². The van der Waals surface area contributed by atoms with Crippen LogP contribution in [0, 0.1) is 18.8 Å². The molecular weight excluding hydrogens is 248 g/mol. The Morgan fingerprint density at radius 2 is 2.25 bits per heavy atom. The van der Waals surface area contributed by atoms with E-state index in [0.29, 0.717) is 0 Å². The van der Waals surface area contributed by atoms with Crippen LogP contribution < -0.4 is 5.32 Å². The number of hydrogen-bond donors (Lipinski definition) is 1. The van der Waals surface area contributed by atoms with E-state index in [0.717, 1.165) is 36.3 Å². The Bertz CT molecular complexity index is 602. The van der Waals surface area contributed by atoms with E-state index < -0.39 is 0 Å². The molecule has 0 aliphatic heterocycles. The maximum Gasteiger partial charge on any atom is 0.157 e. The molecule has 2 atom stereocenters. The van der Waals surface area contributed by atoms with Crippen LogP contribution in [0.4, 0.5) is 0 Å². The zero-order valence-electron chi connectivity index (χ0n) is 12.7. The number of nitrogens with one attached hydrogen (secondary N) is 1. The standard InChI is InChI=1S/C16H24N4/c1-11-5-4-6-14(11)10-17-8-13-7-15-12(2)19-20(3)16(15)18-9-13/h7,9,11,14,17H,4-6,8,10H2,1-3H3. The second-order valence-electron chi connectivity index (χ2n) is 6.22. The van der Waals surface area contributed by atoms with Crippen LogP contribution in [-0.4, -0.2) is 21.3 Å². The summed E-state index contributed by atoms with van der Waals surface area (Å²) in [6, 6.07) is 2.22. The molecule has 4 nitrogen and oxygen atoms in total. The zero-order valence-corrected chi connectivity index (χ0v) is 12.7. The normalized spacial score (nSPS) is 22.8. The summed E-state index contributed by atoms with van der Waals surface area (Å²) < 4.78 is 1.85. The van der Waals surface area contributed by atoms with Crippen LogP contribution in [0.5, 0.6) is 0 Å². The van der Waals surface area contributed by atoms with Gasteiger partial charge in [0, 0.05) is 25.2 Å². The fourth-order valence-corrected chi connectivity index (χ4v) is 3.38. The Morgan fingerprint density at radius 1 is 1.40 bits per heavy atom. The van der Waals surface area contributed by atoms with Gasteiger partial charge in [-0.15, -0.1) is 0 Å². The molecule has 0 aromatic carbocycles. The fourth-order valence-electron chi connectivity index (χ4n) is 3.38. The van der Waals surface area contributed by atoms with Gasteiger partial charge in [0.1, 0.15) is 0 Å². The fraction of sp³-hybridized carbons (Fsp3) is 0.625. The number of aromatic nitrogens is 3. The second-order valence-corrected chi connectivity index (χ2v) is 6.22. The van der Waals surface area contributed by atoms with Crippen molar-refractivity contribution in [3.63, 3.8) is 0 Å². The highest BCUT2D eigenvalue weighted by Crippen LogP contribution is 2.30. The van der Waals surface area contributed by atoms with E-state index >= 15 is 0 Å². The Hall–Kier alpha value is -1.42. The first kappa shape index (κ1) is 13.6. The first-order valence-corrected chi connectivity index (χ1v) is 7.64. The minimum atomic E-state index is 0.854. The molecule has 0 amide bonds. The van der Waals surface area contributed by atoms with Gasteiger partial charge in [0.25, 0.3) is 0 Å². The second kappa shape index (κ2) is 5.52. The predicted octanol–water partition coefficient (Wildman–Crippen LogP) is 2.80. The summed E-state index contributed by atoms with van der Waals surface area (Å²) >= 11 is 0. The first-order valence-electron chi connectivity index (χ1n) is 7.64. The molecule has 2 unspecified atom stereocenters. The van der Waals surface area contributed by atoms with Crippen molar-refractivity contribution in [2.24, 2.45) is 18.9 Å². The van der Waals surface area contributed by atoms with E-state index in [-0.39, 0.29) is 0 Å². The molecule has 3 rings (SSSR count). The molecule has 20 heavy (non-hydrogen) atoms. The lowest BCUT2D eigenvalue weighted by molar-refractivity contribution is 0.392. The van der Waals surface area contributed by atoms with Crippen LogP contribution in [0.2, 0.25) is 0 Å². The number of hydrogen-bond acceptors (Lipinski definition) is 3. The molecule has 0 saturated heterocycles. The first-order chi connectivity index (χ1) is 9.65. The molecule has 2 aromatic rings. The highest BCUT2D eigenvalue weighted by molar-refractivity contribution is 5.78. The van der Waals surface area contributed by atoms with Crippen molar-refractivity contribution in [3.05, 3.63) is 23.5 Å². The molecule has 0 spiro atoms. The zero-order chi connectivity index (χ0) is 14.1. The molecule has 1 fully saturated rings. The molecular formula is C16H24N4. The third kappa shape index (κ3) is 2.57. The molecule has 108 valence electrons. The van der Waals surface area contributed by atoms with Gasteiger partial charge < -0.3 is 5.32 Å². The van der Waals surface area contributed by atoms with Crippen LogP contribution in [0.1, 0.15) is 37.4 Å². The lowest BCUT2D eigenvalue weighted by atomic mass is 9.98. The predicted molar refractivity (Wildman–Crippen MR) is 81.5 cm³/mol. The lowest BCUT2D eigenvalue weighted by Crippen LogP contribution is -2.24. The highest BCUT2D eigenvalue weighted by atomic mass is 15.3. The number of nitrogens with zero attached hydrogens (tertiary/aromatic N) is 3. The molecule has 1 aliphatic carbocycles. The molecule has 0 bridgehead atoms. The van der Waals surface area contributed by atoms with Gasteiger partial charge in [0.2, 0.25) is 0 Å². The van der Waals surface area contributed by atoms with Gasteiger partial charge in [0.05, 0.1) is 5.69 Å². The van der Waals surface area contributed by atoms with E-state index in [2.05, 4.69) is 28.4 Å². The smallest absolute Gasteiger partial charge is 0.157 e. The average Bonchev–Trinajstić information content (AvgIpc) is 2.95. The van der Waals surface area contributed by atoms with Crippen LogP contribution in [0.15, 0.2) is 12.3 Å². The van der Waals surface area contributed by atoms with E-state index in [9.17, 15) is 0 Å². The summed E-state index contributed by atoms with van der Waals surface area (Å²) in [6.45, 7) is 6.46. The molecule has 0 radical (unpaired) electrons. The number of aryl methyl sites for hydroxylation is 2. The summed E-state index contributed by atoms with van der Waals surface area (Å²) in [5, 5.41) is 9.18. The lowest BCUT2D eigenvalue weighted by Gasteiger charge is -2.15. The molecule has 4 heteroatoms. The molecule has 1 N–H and O–H groups in total. The monoisotopic (exact) mass is 272 g/mol. The maximum absolute atomic E-state index is 4.53. The molecule has 2 aromatic heterocycles. The third-order valence-electron chi connectivity index (χ3n) is 4.69. The Morgan fingerprint density at radius 3 is 3.00 bits per heavy atom. The van der Waals surface area contributed by atoms with Gasteiger partial charge in [-0.1, -0.05) is 19.8 Å². The largest absolute Gasteiger partial charge is 0.312 e. The van der Waals surface area contributed by atoms with Crippen molar-refractivity contribution in [1.82, 2.24) is 20.1 Å². The van der Waals surface area contributed by atoms with Crippen LogP contribution in [0.25, 0.3) is 11.0 Å². The van der Waals surface area contributed by atoms with Crippen molar-refractivity contribution in [2.75, 3.05) is 6.54 Å². The van der Waals surface area contributed by atoms with E-state index in [4.69, 9.17) is 0 Å². The van der Waals surface area contributed by atoms with Crippen molar-refractivity contribution in [3.8, 4) is 0 Å². The van der Waals surface area contributed by atoms with Gasteiger partial charge in [-0.3, -0.25) is 4.68 Å². The van der Waals surface area contributed by atoms with Crippen molar-refractivity contribution >= 4 is 11.0 Å². The SMILES string of the molecule is Cc1nn(C)c2ncc(CNCC3CCCC3C)cc12. The quantitative estimate of drug-likeness (QED) is 0.930. The van der Waals surface area contributed by atoms with Crippen molar-refractivity contribution < 1.29 is 0 Å². The van der Waals surface area contributed by atoms with Crippen LogP contribution >= 0.6 is 0 Å². The topological polar surface area (TPSA) is 42.7 Å². The number of rotatable bonds is 4. The maximum atomic E-state index is 4.53. The van der Waals surface area contributed by atoms with Crippen molar-refractivity contribution in [1.29, 1.82) is 0 Å². The summed E-state index contributed by atoms with van der Waals surface area (Å²) in [4.78, 5) is 4.53. The summed E-state index contributed by atoms with van der Waals surface area (Å²) in [5.74, 6) is 1.73. The Kier molecular flexibility index (Phi) is 3.74. The van der Waals surface area contributed by atoms with Gasteiger partial charge in [-0.05, 0) is 43.4 Å². The molecule has 2 heterocycles. The average molecular weight is 272 g/mol. The van der Waals surface area contributed by atoms with Crippen molar-refractivity contribution in [2.45, 2.75) is 39.7 Å². The van der Waals surface area contributed by atoms with Crippen LogP contribution in [0.3, 0.4) is 0 Å². The molecule has 1 aliphatic rings. The van der Waals surface area contributed by atoms with E-state index in [1.54, 1.807) is 0 Å². The van der Waals surface area contributed by atoms with Crippen LogP contribution in [-0.2, 0) is 13.6 Å². The minimum Gasteiger partial charge on any atom is -0.312 e. The molecule has 1 saturated carbocycles. The van der Waals surface area contributed by atoms with Gasteiger partial charge in [-0.25, -0.2) is 4.98 Å². The number of fused-ring (bicyclic) bond motifs is 1. The number of pyridine rings is 1. The Balaban J connectivity index is 1.64. The van der Waals surface area contributed by atoms with E-state index in [1.165, 1.54) is 30.2 Å². The summed E-state index contributed by atoms with van der Waals surface area (Å²) in [7, 11) is 1.95. The minimum absolute atomic E-state index is 0.854. The summed E-state index contributed by atoms with van der Waals surface area (Å²) in [5.41, 5.74) is 3.27. The Labute approximate surface area is 120 Å². The highest BCUT2D eigenvalue weighted by Gasteiger charge is 2.22. The summed E-state index contributed by atoms with van der Waals surface area (Å²) in [6.07, 6.45) is 6.15. The third-order valence-corrected chi connectivity index (χ3v) is 4.69. The van der Waals surface area contributed by atoms with Gasteiger partial charge >= 0.3 is 0 Å². The van der Waals surface area contributed by atoms with Gasteiger partial charge in [-0.2, -0.15) is 5.10 Å².